The van der Waals surface area contributed by atoms with E-state index in [1.54, 1.807) is 6.33 Å². The molecule has 5 rings (SSSR count). The third-order valence-corrected chi connectivity index (χ3v) is 6.05. The van der Waals surface area contributed by atoms with Gasteiger partial charge in [-0.1, -0.05) is 18.2 Å². The van der Waals surface area contributed by atoms with Crippen LogP contribution in [0.1, 0.15) is 11.1 Å². The first kappa shape index (κ1) is 19.5. The van der Waals surface area contributed by atoms with E-state index in [4.69, 9.17) is 0 Å². The molecule has 7 nitrogen and oxygen atoms in total. The Kier molecular flexibility index (Phi) is 5.03. The molecule has 0 spiro atoms. The van der Waals surface area contributed by atoms with Crippen LogP contribution in [0.2, 0.25) is 0 Å². The molecule has 0 atom stereocenters. The van der Waals surface area contributed by atoms with Crippen molar-refractivity contribution in [2.45, 2.75) is 13.8 Å². The van der Waals surface area contributed by atoms with Crippen molar-refractivity contribution < 1.29 is 0 Å². The fourth-order valence-electron chi connectivity index (χ4n) is 4.13. The van der Waals surface area contributed by atoms with Gasteiger partial charge in [0.15, 0.2) is 5.65 Å². The van der Waals surface area contributed by atoms with Crippen LogP contribution >= 0.6 is 0 Å². The van der Waals surface area contributed by atoms with Gasteiger partial charge in [-0.2, -0.15) is 5.10 Å². The summed E-state index contributed by atoms with van der Waals surface area (Å²) in [6.45, 7) is 8.50. The first-order valence-corrected chi connectivity index (χ1v) is 10.7. The molecule has 2 aromatic heterocycles. The van der Waals surface area contributed by atoms with Gasteiger partial charge in [0, 0.05) is 37.6 Å². The monoisotopic (exact) mass is 413 g/mol. The fourth-order valence-corrected chi connectivity index (χ4v) is 4.13. The minimum absolute atomic E-state index is 0.766. The molecule has 3 heterocycles. The van der Waals surface area contributed by atoms with Crippen LogP contribution in [0.15, 0.2) is 55.0 Å². The van der Waals surface area contributed by atoms with Crippen molar-refractivity contribution in [2.75, 3.05) is 43.4 Å². The Morgan fingerprint density at radius 2 is 1.52 bits per heavy atom. The standard InChI is InChI=1S/C24H27N7/c1-17-5-4-6-18(2)22(17)28-23-21-15-27-31(24(21)26-16-25-23)20-9-7-19(8-10-20)30-13-11-29(3)12-14-30/h4-10,15-16H,11-14H2,1-3H3,(H,25,26,28). The maximum Gasteiger partial charge on any atom is 0.168 e. The van der Waals surface area contributed by atoms with Gasteiger partial charge in [-0.3, -0.25) is 0 Å². The largest absolute Gasteiger partial charge is 0.369 e. The van der Waals surface area contributed by atoms with Crippen LogP contribution in [0.3, 0.4) is 0 Å². The van der Waals surface area contributed by atoms with Gasteiger partial charge in [-0.15, -0.1) is 0 Å². The van der Waals surface area contributed by atoms with Gasteiger partial charge >= 0.3 is 0 Å². The van der Waals surface area contributed by atoms with Gasteiger partial charge in [0.25, 0.3) is 0 Å². The van der Waals surface area contributed by atoms with Crippen LogP contribution in [0.4, 0.5) is 17.2 Å². The molecular formula is C24H27N7. The highest BCUT2D eigenvalue weighted by Gasteiger charge is 2.16. The van der Waals surface area contributed by atoms with Crippen LogP contribution < -0.4 is 10.2 Å². The normalized spacial score (nSPS) is 14.9. The van der Waals surface area contributed by atoms with E-state index in [1.807, 2.05) is 10.9 Å². The van der Waals surface area contributed by atoms with Gasteiger partial charge in [0.1, 0.15) is 12.1 Å². The predicted molar refractivity (Wildman–Crippen MR) is 126 cm³/mol. The summed E-state index contributed by atoms with van der Waals surface area (Å²) < 4.78 is 1.88. The number of fused-ring (bicyclic) bond motifs is 1. The Labute approximate surface area is 182 Å². The maximum atomic E-state index is 4.62. The molecule has 7 heteroatoms. The van der Waals surface area contributed by atoms with Gasteiger partial charge in [-0.05, 0) is 56.3 Å². The number of aromatic nitrogens is 4. The number of anilines is 3. The van der Waals surface area contributed by atoms with E-state index >= 15 is 0 Å². The summed E-state index contributed by atoms with van der Waals surface area (Å²) in [5.74, 6) is 0.766. The molecular weight excluding hydrogens is 386 g/mol. The molecule has 0 bridgehead atoms. The summed E-state index contributed by atoms with van der Waals surface area (Å²) in [5.41, 5.74) is 6.46. The lowest BCUT2D eigenvalue weighted by Gasteiger charge is -2.34. The number of nitrogens with one attached hydrogen (secondary N) is 1. The summed E-state index contributed by atoms with van der Waals surface area (Å²) in [6, 6.07) is 14.8. The van der Waals surface area contributed by atoms with Crippen LogP contribution in [-0.2, 0) is 0 Å². The minimum atomic E-state index is 0.766. The Morgan fingerprint density at radius 1 is 0.839 bits per heavy atom. The van der Waals surface area contributed by atoms with Crippen molar-refractivity contribution in [3.8, 4) is 5.69 Å². The Morgan fingerprint density at radius 3 is 2.23 bits per heavy atom. The number of hydrogen-bond donors (Lipinski definition) is 1. The van der Waals surface area contributed by atoms with Gasteiger partial charge in [-0.25, -0.2) is 14.6 Å². The van der Waals surface area contributed by atoms with Crippen molar-refractivity contribution in [1.29, 1.82) is 0 Å². The summed E-state index contributed by atoms with van der Waals surface area (Å²) in [4.78, 5) is 13.8. The molecule has 4 aromatic rings. The molecule has 1 saturated heterocycles. The lowest BCUT2D eigenvalue weighted by Crippen LogP contribution is -2.44. The first-order chi connectivity index (χ1) is 15.1. The van der Waals surface area contributed by atoms with Crippen molar-refractivity contribution in [3.05, 3.63) is 66.1 Å². The molecule has 1 aliphatic heterocycles. The van der Waals surface area contributed by atoms with Crippen LogP contribution in [0, 0.1) is 13.8 Å². The van der Waals surface area contributed by atoms with Crippen molar-refractivity contribution >= 4 is 28.2 Å². The summed E-state index contributed by atoms with van der Waals surface area (Å²) in [6.07, 6.45) is 3.43. The van der Waals surface area contributed by atoms with E-state index in [9.17, 15) is 0 Å². The third-order valence-electron chi connectivity index (χ3n) is 6.05. The number of benzene rings is 2. The Balaban J connectivity index is 1.45. The van der Waals surface area contributed by atoms with Crippen molar-refractivity contribution in [2.24, 2.45) is 0 Å². The van der Waals surface area contributed by atoms with Crippen LogP contribution in [0.5, 0.6) is 0 Å². The average Bonchev–Trinajstić information content (AvgIpc) is 3.22. The van der Waals surface area contributed by atoms with Crippen LogP contribution in [0.25, 0.3) is 16.7 Å². The topological polar surface area (TPSA) is 62.1 Å². The molecule has 0 amide bonds. The van der Waals surface area contributed by atoms with Gasteiger partial charge < -0.3 is 15.1 Å². The molecule has 1 aliphatic rings. The number of piperazine rings is 1. The van der Waals surface area contributed by atoms with Gasteiger partial charge in [0.2, 0.25) is 0 Å². The Hall–Kier alpha value is -3.45. The molecule has 0 saturated carbocycles. The van der Waals surface area contributed by atoms with E-state index in [-0.39, 0.29) is 0 Å². The zero-order chi connectivity index (χ0) is 21.4. The second-order valence-corrected chi connectivity index (χ2v) is 8.21. The number of aryl methyl sites for hydroxylation is 2. The van der Waals surface area contributed by atoms with E-state index < -0.39 is 0 Å². The highest BCUT2D eigenvalue weighted by molar-refractivity contribution is 5.89. The molecule has 1 fully saturated rings. The zero-order valence-electron chi connectivity index (χ0n) is 18.2. The fraction of sp³-hybridized carbons (Fsp3) is 0.292. The summed E-state index contributed by atoms with van der Waals surface area (Å²) >= 11 is 0. The second kappa shape index (κ2) is 8.00. The van der Waals surface area contributed by atoms with E-state index in [0.717, 1.165) is 54.4 Å². The zero-order valence-corrected chi connectivity index (χ0v) is 18.2. The van der Waals surface area contributed by atoms with Crippen LogP contribution in [-0.4, -0.2) is 57.9 Å². The number of nitrogens with zero attached hydrogens (tertiary/aromatic N) is 6. The van der Waals surface area contributed by atoms with E-state index in [2.05, 4.69) is 93.5 Å². The lowest BCUT2D eigenvalue weighted by molar-refractivity contribution is 0.313. The maximum absolute atomic E-state index is 4.62. The molecule has 0 unspecified atom stereocenters. The summed E-state index contributed by atoms with van der Waals surface area (Å²) in [5, 5.41) is 9.00. The second-order valence-electron chi connectivity index (χ2n) is 8.21. The highest BCUT2D eigenvalue weighted by Crippen LogP contribution is 2.28. The third kappa shape index (κ3) is 3.72. The molecule has 0 aliphatic carbocycles. The first-order valence-electron chi connectivity index (χ1n) is 10.7. The van der Waals surface area contributed by atoms with Gasteiger partial charge in [0.05, 0.1) is 17.3 Å². The average molecular weight is 414 g/mol. The predicted octanol–water partition coefficient (Wildman–Crippen LogP) is 3.93. The number of rotatable bonds is 4. The molecule has 158 valence electrons. The van der Waals surface area contributed by atoms with E-state index in [0.29, 0.717) is 0 Å². The number of para-hydroxylation sites is 1. The van der Waals surface area contributed by atoms with Crippen molar-refractivity contribution in [3.63, 3.8) is 0 Å². The molecule has 1 N–H and O–H groups in total. The molecule has 31 heavy (non-hydrogen) atoms. The minimum Gasteiger partial charge on any atom is -0.369 e. The van der Waals surface area contributed by atoms with Crippen molar-refractivity contribution in [1.82, 2.24) is 24.6 Å². The quantitative estimate of drug-likeness (QED) is 0.547. The number of likely N-dealkylation sites (N-methyl/N-ethyl adjacent to an activating group) is 1. The summed E-state index contributed by atoms with van der Waals surface area (Å²) in [7, 11) is 2.18. The molecule has 2 aromatic carbocycles. The lowest BCUT2D eigenvalue weighted by atomic mass is 10.1. The van der Waals surface area contributed by atoms with E-state index in [1.165, 1.54) is 16.8 Å². The smallest absolute Gasteiger partial charge is 0.168 e. The SMILES string of the molecule is Cc1cccc(C)c1Nc1ncnc2c1cnn2-c1ccc(N2CCN(C)CC2)cc1. The number of hydrogen-bond acceptors (Lipinski definition) is 6. The highest BCUT2D eigenvalue weighted by atomic mass is 15.3. The Bertz CT molecular complexity index is 1180. The molecule has 0 radical (unpaired) electrons.